The molecule has 1 heterocycles. The second-order valence-electron chi connectivity index (χ2n) is 3.57. The van der Waals surface area contributed by atoms with Crippen LogP contribution < -0.4 is 5.73 Å². The molecule has 0 fully saturated rings. The first-order chi connectivity index (χ1) is 8.65. The number of alkyl halides is 1. The third-order valence-electron chi connectivity index (χ3n) is 2.47. The molecular formula is C11H11ClN4OS. The van der Waals surface area contributed by atoms with Crippen molar-refractivity contribution >= 4 is 45.5 Å². The normalized spacial score (nSPS) is 11.4. The van der Waals surface area contributed by atoms with Gasteiger partial charge < -0.3 is 15.4 Å². The van der Waals surface area contributed by atoms with Crippen LogP contribution in [-0.2, 0) is 6.54 Å². The highest BCUT2D eigenvalue weighted by atomic mass is 35.5. The molecule has 7 heteroatoms. The van der Waals surface area contributed by atoms with Gasteiger partial charge in [0, 0.05) is 17.8 Å². The Labute approximate surface area is 114 Å². The van der Waals surface area contributed by atoms with E-state index in [2.05, 4.69) is 22.4 Å². The maximum Gasteiger partial charge on any atom is 0.220 e. The van der Waals surface area contributed by atoms with Crippen molar-refractivity contribution in [2.24, 2.45) is 16.0 Å². The Morgan fingerprint density at radius 3 is 2.83 bits per heavy atom. The first-order valence-corrected chi connectivity index (χ1v) is 6.16. The van der Waals surface area contributed by atoms with Gasteiger partial charge in [-0.2, -0.15) is 0 Å². The van der Waals surface area contributed by atoms with E-state index in [0.29, 0.717) is 18.1 Å². The molecule has 0 atom stereocenters. The fourth-order valence-electron chi connectivity index (χ4n) is 1.78. The van der Waals surface area contributed by atoms with Gasteiger partial charge in [0.25, 0.3) is 0 Å². The zero-order chi connectivity index (χ0) is 13.1. The van der Waals surface area contributed by atoms with Gasteiger partial charge in [0.05, 0.1) is 5.52 Å². The molecule has 94 valence electrons. The van der Waals surface area contributed by atoms with Crippen LogP contribution >= 0.6 is 23.8 Å². The van der Waals surface area contributed by atoms with Crippen LogP contribution in [0.4, 0.5) is 5.69 Å². The number of para-hydroxylation sites is 1. The number of aryl methyl sites for hydroxylation is 1. The quantitative estimate of drug-likeness (QED) is 0.516. The number of rotatable bonds is 3. The number of benzene rings is 1. The predicted octanol–water partition coefficient (Wildman–Crippen LogP) is 2.91. The van der Waals surface area contributed by atoms with Crippen LogP contribution in [-0.4, -0.2) is 20.7 Å². The van der Waals surface area contributed by atoms with Crippen LogP contribution in [0.15, 0.2) is 34.5 Å². The van der Waals surface area contributed by atoms with Crippen molar-refractivity contribution in [3.8, 4) is 5.88 Å². The second kappa shape index (κ2) is 5.32. The lowest BCUT2D eigenvalue weighted by Gasteiger charge is -2.02. The van der Waals surface area contributed by atoms with E-state index in [4.69, 9.17) is 17.3 Å². The van der Waals surface area contributed by atoms with Crippen molar-refractivity contribution in [3.63, 3.8) is 0 Å². The molecule has 0 saturated carbocycles. The molecule has 0 radical (unpaired) electrons. The summed E-state index contributed by atoms with van der Waals surface area (Å²) in [5.41, 5.74) is 6.45. The van der Waals surface area contributed by atoms with Crippen LogP contribution in [0.2, 0.25) is 0 Å². The zero-order valence-corrected chi connectivity index (χ0v) is 10.9. The van der Waals surface area contributed by atoms with E-state index in [0.717, 1.165) is 10.9 Å². The first kappa shape index (κ1) is 12.8. The fourth-order valence-corrected chi connectivity index (χ4v) is 1.99. The summed E-state index contributed by atoms with van der Waals surface area (Å²) >= 11 is 10.3. The Kier molecular flexibility index (Phi) is 3.78. The number of nitrogens with zero attached hydrogens (tertiary/aromatic N) is 3. The standard InChI is InChI=1S/C11H11ClN4OS/c12-5-6-16-8-4-2-1-3-7(8)9(10(16)17)14-15-11(13)18/h1-4,17H,5-6H2,(H2,13,18). The third-order valence-corrected chi connectivity index (χ3v) is 2.72. The molecule has 3 N–H and O–H groups in total. The Morgan fingerprint density at radius 2 is 2.17 bits per heavy atom. The maximum absolute atomic E-state index is 10.1. The van der Waals surface area contributed by atoms with E-state index in [9.17, 15) is 5.11 Å². The lowest BCUT2D eigenvalue weighted by Crippen LogP contribution is -2.01. The van der Waals surface area contributed by atoms with Crippen LogP contribution in [0.3, 0.4) is 0 Å². The lowest BCUT2D eigenvalue weighted by atomic mass is 10.2. The van der Waals surface area contributed by atoms with Crippen molar-refractivity contribution in [1.82, 2.24) is 4.57 Å². The van der Waals surface area contributed by atoms with Crippen LogP contribution in [0.5, 0.6) is 5.88 Å². The van der Waals surface area contributed by atoms with Gasteiger partial charge in [-0.25, -0.2) is 0 Å². The molecule has 0 aliphatic heterocycles. The number of halogens is 1. The Morgan fingerprint density at radius 1 is 1.44 bits per heavy atom. The molecule has 0 aliphatic rings. The van der Waals surface area contributed by atoms with Gasteiger partial charge in [0.15, 0.2) is 5.69 Å². The van der Waals surface area contributed by atoms with Gasteiger partial charge in [-0.15, -0.1) is 21.8 Å². The van der Waals surface area contributed by atoms with Crippen molar-refractivity contribution < 1.29 is 5.11 Å². The van der Waals surface area contributed by atoms with Crippen LogP contribution in [0.25, 0.3) is 10.9 Å². The summed E-state index contributed by atoms with van der Waals surface area (Å²) in [7, 11) is 0. The van der Waals surface area contributed by atoms with E-state index >= 15 is 0 Å². The smallest absolute Gasteiger partial charge is 0.220 e. The van der Waals surface area contributed by atoms with Gasteiger partial charge in [-0.1, -0.05) is 18.2 Å². The lowest BCUT2D eigenvalue weighted by molar-refractivity contribution is 0.427. The number of hydrogen-bond acceptors (Lipinski definition) is 3. The molecular weight excluding hydrogens is 272 g/mol. The van der Waals surface area contributed by atoms with E-state index in [1.807, 2.05) is 24.3 Å². The summed E-state index contributed by atoms with van der Waals surface area (Å²) < 4.78 is 1.68. The van der Waals surface area contributed by atoms with Crippen molar-refractivity contribution in [2.75, 3.05) is 5.88 Å². The molecule has 0 saturated heterocycles. The summed E-state index contributed by atoms with van der Waals surface area (Å²) in [4.78, 5) is 0. The number of thiocarbonyl (C=S) groups is 1. The van der Waals surface area contributed by atoms with Gasteiger partial charge >= 0.3 is 0 Å². The van der Waals surface area contributed by atoms with Crippen LogP contribution in [0.1, 0.15) is 0 Å². The molecule has 0 spiro atoms. The number of fused-ring (bicyclic) bond motifs is 1. The van der Waals surface area contributed by atoms with E-state index in [1.54, 1.807) is 4.57 Å². The minimum atomic E-state index is -0.0800. The molecule has 2 aromatic rings. The molecule has 18 heavy (non-hydrogen) atoms. The van der Waals surface area contributed by atoms with Gasteiger partial charge in [-0.3, -0.25) is 0 Å². The Bertz CT molecular complexity index is 623. The average Bonchev–Trinajstić information content (AvgIpc) is 2.61. The molecule has 1 aromatic heterocycles. The van der Waals surface area contributed by atoms with Crippen LogP contribution in [0, 0.1) is 0 Å². The molecule has 2 rings (SSSR count). The monoisotopic (exact) mass is 282 g/mol. The number of aromatic nitrogens is 1. The van der Waals surface area contributed by atoms with Crippen molar-refractivity contribution in [1.29, 1.82) is 0 Å². The minimum absolute atomic E-state index is 0.0110. The van der Waals surface area contributed by atoms with Gasteiger partial charge in [-0.05, 0) is 18.3 Å². The number of nitrogens with two attached hydrogens (primary N) is 1. The molecule has 1 aromatic carbocycles. The van der Waals surface area contributed by atoms with Gasteiger partial charge in [0.1, 0.15) is 0 Å². The second-order valence-corrected chi connectivity index (χ2v) is 4.36. The Balaban J connectivity index is 2.65. The molecule has 0 amide bonds. The predicted molar refractivity (Wildman–Crippen MR) is 75.6 cm³/mol. The maximum atomic E-state index is 10.1. The largest absolute Gasteiger partial charge is 0.493 e. The average molecular weight is 283 g/mol. The summed E-state index contributed by atoms with van der Waals surface area (Å²) in [6, 6.07) is 7.45. The van der Waals surface area contributed by atoms with Gasteiger partial charge in [0.2, 0.25) is 11.0 Å². The summed E-state index contributed by atoms with van der Waals surface area (Å²) in [5, 5.41) is 18.3. The highest BCUT2D eigenvalue weighted by Crippen LogP contribution is 2.38. The summed E-state index contributed by atoms with van der Waals surface area (Å²) in [6.45, 7) is 0.483. The van der Waals surface area contributed by atoms with Crippen molar-refractivity contribution in [2.45, 2.75) is 6.54 Å². The molecule has 5 nitrogen and oxygen atoms in total. The molecule has 0 aliphatic carbocycles. The van der Waals surface area contributed by atoms with E-state index in [-0.39, 0.29) is 11.0 Å². The minimum Gasteiger partial charge on any atom is -0.493 e. The summed E-state index contributed by atoms with van der Waals surface area (Å²) in [5.74, 6) is 0.398. The fraction of sp³-hybridized carbons (Fsp3) is 0.182. The highest BCUT2D eigenvalue weighted by Gasteiger charge is 2.15. The molecule has 0 unspecified atom stereocenters. The zero-order valence-electron chi connectivity index (χ0n) is 9.38. The SMILES string of the molecule is NC(=S)N=Nc1c(O)n(CCCl)c2ccccc12. The topological polar surface area (TPSA) is 75.9 Å². The van der Waals surface area contributed by atoms with E-state index in [1.165, 1.54) is 0 Å². The molecule has 0 bridgehead atoms. The number of hydrogen-bond donors (Lipinski definition) is 2. The first-order valence-electron chi connectivity index (χ1n) is 5.22. The third kappa shape index (κ3) is 2.30. The Hall–Kier alpha value is -1.66. The summed E-state index contributed by atoms with van der Waals surface area (Å²) in [6.07, 6.45) is 0. The number of azo groups is 1. The number of aromatic hydroxyl groups is 1. The van der Waals surface area contributed by atoms with Crippen molar-refractivity contribution in [3.05, 3.63) is 24.3 Å². The highest BCUT2D eigenvalue weighted by molar-refractivity contribution is 7.80. The van der Waals surface area contributed by atoms with E-state index < -0.39 is 0 Å².